The molecule has 10 heteroatoms. The molecule has 1 saturated heterocycles. The number of carbonyl (C=O) groups is 1. The van der Waals surface area contributed by atoms with Gasteiger partial charge in [0, 0.05) is 5.56 Å². The number of hydrogen-bond donors (Lipinski definition) is 2. The van der Waals surface area contributed by atoms with Gasteiger partial charge in [-0.05, 0) is 41.6 Å². The molecule has 1 fully saturated rings. The summed E-state index contributed by atoms with van der Waals surface area (Å²) < 4.78 is 2.35. The molecule has 4 rings (SSSR count). The van der Waals surface area contributed by atoms with Crippen molar-refractivity contribution in [1.29, 1.82) is 0 Å². The predicted octanol–water partition coefficient (Wildman–Crippen LogP) is 4.63. The van der Waals surface area contributed by atoms with Crippen molar-refractivity contribution in [3.8, 4) is 11.4 Å². The van der Waals surface area contributed by atoms with Gasteiger partial charge in [-0.3, -0.25) is 4.79 Å². The number of hydrogen-bond acceptors (Lipinski definition) is 6. The van der Waals surface area contributed by atoms with Crippen LogP contribution in [0, 0.1) is 4.77 Å². The Labute approximate surface area is 185 Å². The standard InChI is InChI=1S/C19H12ClN5OS3/c20-14-4-2-1-3-13(14)16-23-24-18(27)25(16)21-10-12-7-5-11(6-8-12)9-15-17(26)22-19(28)29-15/h1-10H,(H,24,27)(H,22,26,28)/b15-9-,21-10+. The van der Waals surface area contributed by atoms with E-state index in [1.807, 2.05) is 42.5 Å². The third kappa shape index (κ3) is 4.38. The Morgan fingerprint density at radius 1 is 1.10 bits per heavy atom. The predicted molar refractivity (Wildman–Crippen MR) is 124 cm³/mol. The number of nitrogens with one attached hydrogen (secondary N) is 2. The van der Waals surface area contributed by atoms with Gasteiger partial charge in [-0.25, -0.2) is 5.10 Å². The smallest absolute Gasteiger partial charge is 0.263 e. The number of amides is 1. The van der Waals surface area contributed by atoms with Crippen LogP contribution < -0.4 is 5.32 Å². The van der Waals surface area contributed by atoms with Gasteiger partial charge < -0.3 is 5.32 Å². The number of halogens is 1. The van der Waals surface area contributed by atoms with Gasteiger partial charge in [-0.2, -0.15) is 14.9 Å². The van der Waals surface area contributed by atoms with Crippen molar-refractivity contribution in [2.75, 3.05) is 0 Å². The first-order chi connectivity index (χ1) is 14.0. The molecule has 0 bridgehead atoms. The lowest BCUT2D eigenvalue weighted by molar-refractivity contribution is -0.115. The molecule has 2 N–H and O–H groups in total. The molecule has 1 aliphatic heterocycles. The number of aromatic nitrogens is 3. The third-order valence-electron chi connectivity index (χ3n) is 3.96. The third-order valence-corrected chi connectivity index (χ3v) is 5.72. The van der Waals surface area contributed by atoms with Gasteiger partial charge in [-0.1, -0.05) is 72.0 Å². The first-order valence-electron chi connectivity index (χ1n) is 8.33. The van der Waals surface area contributed by atoms with Crippen molar-refractivity contribution in [2.45, 2.75) is 0 Å². The van der Waals surface area contributed by atoms with Crippen LogP contribution in [-0.4, -0.2) is 31.3 Å². The van der Waals surface area contributed by atoms with Crippen molar-refractivity contribution in [3.05, 3.63) is 74.4 Å². The second kappa shape index (κ2) is 8.42. The van der Waals surface area contributed by atoms with Gasteiger partial charge in [0.25, 0.3) is 5.91 Å². The Balaban J connectivity index is 1.58. The fourth-order valence-electron chi connectivity index (χ4n) is 2.59. The summed E-state index contributed by atoms with van der Waals surface area (Å²) >= 11 is 17.8. The fourth-order valence-corrected chi connectivity index (χ4v) is 4.03. The summed E-state index contributed by atoms with van der Waals surface area (Å²) in [6.45, 7) is 0. The van der Waals surface area contributed by atoms with E-state index in [2.05, 4.69) is 20.6 Å². The van der Waals surface area contributed by atoms with Crippen LogP contribution in [0.2, 0.25) is 5.02 Å². The summed E-state index contributed by atoms with van der Waals surface area (Å²) in [4.78, 5) is 12.3. The van der Waals surface area contributed by atoms with Gasteiger partial charge in [0.2, 0.25) is 4.77 Å². The van der Waals surface area contributed by atoms with E-state index in [4.69, 9.17) is 36.0 Å². The molecule has 144 valence electrons. The highest BCUT2D eigenvalue weighted by Gasteiger charge is 2.21. The number of carbonyl (C=O) groups excluding carboxylic acids is 1. The van der Waals surface area contributed by atoms with E-state index in [1.54, 1.807) is 18.4 Å². The Morgan fingerprint density at radius 2 is 1.83 bits per heavy atom. The first kappa shape index (κ1) is 19.7. The maximum atomic E-state index is 11.8. The molecule has 2 aromatic carbocycles. The zero-order valence-corrected chi connectivity index (χ0v) is 17.8. The molecule has 0 atom stereocenters. The lowest BCUT2D eigenvalue weighted by atomic mass is 10.1. The van der Waals surface area contributed by atoms with Crippen LogP contribution in [0.1, 0.15) is 11.1 Å². The van der Waals surface area contributed by atoms with E-state index in [0.717, 1.165) is 16.7 Å². The van der Waals surface area contributed by atoms with E-state index >= 15 is 0 Å². The minimum atomic E-state index is -0.174. The fraction of sp³-hybridized carbons (Fsp3) is 0. The number of thiocarbonyl (C=S) groups is 1. The van der Waals surface area contributed by atoms with E-state index in [0.29, 0.717) is 24.8 Å². The van der Waals surface area contributed by atoms with E-state index < -0.39 is 0 Å². The molecule has 29 heavy (non-hydrogen) atoms. The SMILES string of the molecule is O=C1NC(=S)S/C1=C\c1ccc(/C=N/n2c(-c3ccccc3Cl)n[nH]c2=S)cc1. The van der Waals surface area contributed by atoms with Crippen LogP contribution in [0.25, 0.3) is 17.5 Å². The summed E-state index contributed by atoms with van der Waals surface area (Å²) in [6, 6.07) is 14.9. The quantitative estimate of drug-likeness (QED) is 0.339. The molecule has 0 saturated carbocycles. The number of thioether (sulfide) groups is 1. The molecular weight excluding hydrogens is 446 g/mol. The van der Waals surface area contributed by atoms with E-state index in [-0.39, 0.29) is 5.91 Å². The highest BCUT2D eigenvalue weighted by atomic mass is 35.5. The normalized spacial score (nSPS) is 15.4. The maximum Gasteiger partial charge on any atom is 0.263 e. The Morgan fingerprint density at radius 3 is 2.52 bits per heavy atom. The largest absolute Gasteiger partial charge is 0.307 e. The molecule has 1 amide bonds. The number of nitrogens with zero attached hydrogens (tertiary/aromatic N) is 3. The van der Waals surface area contributed by atoms with Crippen LogP contribution in [0.4, 0.5) is 0 Å². The van der Waals surface area contributed by atoms with Crippen molar-refractivity contribution < 1.29 is 4.79 Å². The van der Waals surface area contributed by atoms with Crippen LogP contribution >= 0.6 is 47.8 Å². The summed E-state index contributed by atoms with van der Waals surface area (Å²) in [7, 11) is 0. The number of aromatic amines is 1. The van der Waals surface area contributed by atoms with Gasteiger partial charge in [0.1, 0.15) is 4.32 Å². The molecular formula is C19H12ClN5OS3. The second-order valence-electron chi connectivity index (χ2n) is 5.91. The molecule has 0 spiro atoms. The van der Waals surface area contributed by atoms with Crippen LogP contribution in [-0.2, 0) is 4.79 Å². The molecule has 1 aliphatic rings. The van der Waals surface area contributed by atoms with Gasteiger partial charge in [0.05, 0.1) is 16.1 Å². The van der Waals surface area contributed by atoms with E-state index in [1.165, 1.54) is 16.4 Å². The topological polar surface area (TPSA) is 75.1 Å². The van der Waals surface area contributed by atoms with Crippen molar-refractivity contribution in [2.24, 2.45) is 5.10 Å². The highest BCUT2D eigenvalue weighted by Crippen LogP contribution is 2.27. The molecule has 6 nitrogen and oxygen atoms in total. The van der Waals surface area contributed by atoms with Crippen LogP contribution in [0.15, 0.2) is 58.5 Å². The molecule has 0 radical (unpaired) electrons. The summed E-state index contributed by atoms with van der Waals surface area (Å²) in [5.41, 5.74) is 2.48. The Kier molecular flexibility index (Phi) is 5.72. The monoisotopic (exact) mass is 457 g/mol. The van der Waals surface area contributed by atoms with Crippen LogP contribution in [0.3, 0.4) is 0 Å². The molecule has 0 aliphatic carbocycles. The molecule has 3 aromatic rings. The minimum Gasteiger partial charge on any atom is -0.307 e. The maximum absolute atomic E-state index is 11.8. The van der Waals surface area contributed by atoms with E-state index in [9.17, 15) is 4.79 Å². The van der Waals surface area contributed by atoms with Crippen molar-refractivity contribution in [1.82, 2.24) is 20.2 Å². The van der Waals surface area contributed by atoms with Gasteiger partial charge in [-0.15, -0.1) is 0 Å². The second-order valence-corrected chi connectivity index (χ2v) is 8.42. The number of rotatable bonds is 4. The zero-order chi connectivity index (χ0) is 20.4. The average Bonchev–Trinajstić information content (AvgIpc) is 3.22. The zero-order valence-electron chi connectivity index (χ0n) is 14.6. The number of H-pyrrole nitrogens is 1. The lowest BCUT2D eigenvalue weighted by Gasteiger charge is -2.03. The summed E-state index contributed by atoms with van der Waals surface area (Å²) in [6.07, 6.45) is 3.47. The molecule has 1 aromatic heterocycles. The van der Waals surface area contributed by atoms with Crippen LogP contribution in [0.5, 0.6) is 0 Å². The number of benzene rings is 2. The van der Waals surface area contributed by atoms with Crippen molar-refractivity contribution in [3.63, 3.8) is 0 Å². The van der Waals surface area contributed by atoms with Crippen molar-refractivity contribution >= 4 is 70.3 Å². The average molecular weight is 458 g/mol. The highest BCUT2D eigenvalue weighted by molar-refractivity contribution is 8.26. The minimum absolute atomic E-state index is 0.174. The molecule has 0 unspecified atom stereocenters. The Hall–Kier alpha value is -2.59. The summed E-state index contributed by atoms with van der Waals surface area (Å²) in [5.74, 6) is 0.352. The van der Waals surface area contributed by atoms with Gasteiger partial charge in [0.15, 0.2) is 5.82 Å². The summed E-state index contributed by atoms with van der Waals surface area (Å²) in [5, 5.41) is 14.6. The lowest BCUT2D eigenvalue weighted by Crippen LogP contribution is -2.17. The van der Waals surface area contributed by atoms with Gasteiger partial charge >= 0.3 is 0 Å². The Bertz CT molecular complexity index is 1230. The first-order valence-corrected chi connectivity index (χ1v) is 10.3. The molecule has 2 heterocycles.